The number of nitrogens with zero attached hydrogens (tertiary/aromatic N) is 2. The average Bonchev–Trinajstić information content (AvgIpc) is 3.43. The summed E-state index contributed by atoms with van der Waals surface area (Å²) in [5, 5.41) is 66.4. The summed E-state index contributed by atoms with van der Waals surface area (Å²) in [6.07, 6.45) is -5.84. The Morgan fingerprint density at radius 3 is 2.43 bits per heavy atom. The molecule has 0 unspecified atom stereocenters. The number of aliphatic hydroxyl groups is 3. The zero-order valence-corrected chi connectivity index (χ0v) is 29.6. The van der Waals surface area contributed by atoms with Gasteiger partial charge in [-0.15, -0.1) is 0 Å². The average molecular weight is 693 g/mol. The topological polar surface area (TPSA) is 216 Å². The van der Waals surface area contributed by atoms with E-state index < -0.39 is 60.4 Å². The van der Waals surface area contributed by atoms with Gasteiger partial charge in [0.05, 0.1) is 18.2 Å². The molecule has 0 bridgehead atoms. The molecule has 0 radical (unpaired) electrons. The number of aliphatic hydroxyl groups excluding tert-OH is 3. The predicted molar refractivity (Wildman–Crippen MR) is 181 cm³/mol. The van der Waals surface area contributed by atoms with Crippen molar-refractivity contribution >= 4 is 17.8 Å². The number of piperazine rings is 1. The first-order valence-corrected chi connectivity index (χ1v) is 17.1. The van der Waals surface area contributed by atoms with E-state index >= 15 is 0 Å². The van der Waals surface area contributed by atoms with Gasteiger partial charge in [-0.05, 0) is 64.3 Å². The molecular weight excluding hydrogens is 636 g/mol. The number of hydrogen-bond acceptors (Lipinski definition) is 12. The number of aryl methyl sites for hydroxylation is 2. The molecule has 2 amide bonds. The van der Waals surface area contributed by atoms with Gasteiger partial charge in [-0.1, -0.05) is 0 Å². The Morgan fingerprint density at radius 2 is 1.82 bits per heavy atom. The van der Waals surface area contributed by atoms with E-state index in [1.54, 1.807) is 13.8 Å². The lowest BCUT2D eigenvalue weighted by Gasteiger charge is -2.49. The Labute approximate surface area is 288 Å². The largest absolute Gasteiger partial charge is 0.507 e. The molecule has 4 rings (SSSR count). The number of aliphatic carboxylic acids is 1. The van der Waals surface area contributed by atoms with Crippen molar-refractivity contribution in [1.82, 2.24) is 31.1 Å². The normalized spacial score (nSPS) is 29.4. The van der Waals surface area contributed by atoms with Gasteiger partial charge in [-0.25, -0.2) is 4.79 Å². The number of phenols is 1. The van der Waals surface area contributed by atoms with Crippen LogP contribution >= 0.6 is 0 Å². The number of phenolic OH excluding ortho intramolecular Hbond substituents is 1. The number of aromatic hydroxyl groups is 1. The highest BCUT2D eigenvalue weighted by molar-refractivity contribution is 5.94. The molecular formula is C34H56N6O9. The summed E-state index contributed by atoms with van der Waals surface area (Å²) in [5.41, 5.74) is -0.955. The maximum Gasteiger partial charge on any atom is 0.336 e. The third-order valence-corrected chi connectivity index (χ3v) is 10.1. The van der Waals surface area contributed by atoms with Gasteiger partial charge in [0.2, 0.25) is 5.91 Å². The fourth-order valence-electron chi connectivity index (χ4n) is 7.27. The number of carboxylic acids is 1. The Bertz CT molecular complexity index is 1330. The third kappa shape index (κ3) is 9.27. The summed E-state index contributed by atoms with van der Waals surface area (Å²) < 4.78 is 6.19. The molecule has 276 valence electrons. The first-order chi connectivity index (χ1) is 22.9. The van der Waals surface area contributed by atoms with Crippen LogP contribution in [0.25, 0.3) is 0 Å². The van der Waals surface area contributed by atoms with Crippen molar-refractivity contribution in [3.63, 3.8) is 0 Å². The molecule has 1 aromatic rings. The molecule has 7 atom stereocenters. The minimum absolute atomic E-state index is 0.0101. The fraction of sp³-hybridized carbons (Fsp3) is 0.735. The first-order valence-electron chi connectivity index (χ1n) is 17.1. The molecule has 15 heteroatoms. The first kappa shape index (κ1) is 38.9. The number of carboxylic acid groups (broad SMARTS) is 1. The monoisotopic (exact) mass is 692 g/mol. The van der Waals surface area contributed by atoms with Gasteiger partial charge in [-0.3, -0.25) is 24.7 Å². The number of likely N-dealkylation sites (tertiary alicyclic amines) is 1. The lowest BCUT2D eigenvalue weighted by Crippen LogP contribution is -2.68. The van der Waals surface area contributed by atoms with Gasteiger partial charge in [0.15, 0.2) is 5.60 Å². The Morgan fingerprint density at radius 1 is 1.14 bits per heavy atom. The Kier molecular flexibility index (Phi) is 12.4. The fourth-order valence-corrected chi connectivity index (χ4v) is 7.27. The predicted octanol–water partition coefficient (Wildman–Crippen LogP) is -0.976. The molecule has 1 spiro atoms. The summed E-state index contributed by atoms with van der Waals surface area (Å²) in [6, 6.07) is 1.75. The maximum absolute atomic E-state index is 13.0. The molecule has 3 saturated heterocycles. The van der Waals surface area contributed by atoms with Crippen LogP contribution in [0, 0.1) is 13.8 Å². The van der Waals surface area contributed by atoms with Crippen LogP contribution in [0.3, 0.4) is 0 Å². The Balaban J connectivity index is 1.49. The van der Waals surface area contributed by atoms with E-state index in [4.69, 9.17) is 4.74 Å². The van der Waals surface area contributed by atoms with Crippen LogP contribution in [0.1, 0.15) is 68.4 Å². The quantitative estimate of drug-likeness (QED) is 0.129. The van der Waals surface area contributed by atoms with Gasteiger partial charge in [0.25, 0.3) is 5.91 Å². The lowest BCUT2D eigenvalue weighted by atomic mass is 9.81. The van der Waals surface area contributed by atoms with E-state index in [9.17, 15) is 39.9 Å². The van der Waals surface area contributed by atoms with Crippen molar-refractivity contribution in [2.75, 3.05) is 52.5 Å². The third-order valence-electron chi connectivity index (χ3n) is 10.1. The summed E-state index contributed by atoms with van der Waals surface area (Å²) in [7, 11) is 0. The molecule has 0 saturated carbocycles. The van der Waals surface area contributed by atoms with Crippen LogP contribution in [-0.4, -0.2) is 153 Å². The number of amides is 2. The molecule has 49 heavy (non-hydrogen) atoms. The number of carbonyl (C=O) groups excluding carboxylic acids is 2. The van der Waals surface area contributed by atoms with Crippen LogP contribution in [0.5, 0.6) is 5.75 Å². The minimum atomic E-state index is -1.93. The van der Waals surface area contributed by atoms with Gasteiger partial charge in [0, 0.05) is 88.9 Å². The zero-order valence-electron chi connectivity index (χ0n) is 29.6. The molecule has 3 heterocycles. The van der Waals surface area contributed by atoms with E-state index in [-0.39, 0.29) is 35.2 Å². The Hall–Kier alpha value is -2.89. The summed E-state index contributed by atoms with van der Waals surface area (Å²) in [4.78, 5) is 42.6. The molecule has 9 N–H and O–H groups in total. The zero-order chi connectivity index (χ0) is 36.3. The molecule has 3 fully saturated rings. The van der Waals surface area contributed by atoms with Crippen molar-refractivity contribution in [2.45, 2.75) is 108 Å². The highest BCUT2D eigenvalue weighted by atomic mass is 16.6. The second-order valence-electron chi connectivity index (χ2n) is 15.1. The second-order valence-corrected chi connectivity index (χ2v) is 15.1. The molecule has 3 aliphatic heterocycles. The van der Waals surface area contributed by atoms with E-state index in [2.05, 4.69) is 51.8 Å². The van der Waals surface area contributed by atoms with Gasteiger partial charge >= 0.3 is 5.97 Å². The van der Waals surface area contributed by atoms with E-state index in [1.807, 2.05) is 0 Å². The van der Waals surface area contributed by atoms with E-state index in [1.165, 1.54) is 19.1 Å². The molecule has 1 aromatic carbocycles. The minimum Gasteiger partial charge on any atom is -0.507 e. The highest BCUT2D eigenvalue weighted by Gasteiger charge is 2.55. The summed E-state index contributed by atoms with van der Waals surface area (Å²) in [5.74, 6) is -2.36. The van der Waals surface area contributed by atoms with Crippen LogP contribution in [-0.2, 0) is 14.3 Å². The van der Waals surface area contributed by atoms with Crippen molar-refractivity contribution in [3.8, 4) is 5.75 Å². The second kappa shape index (κ2) is 15.6. The smallest absolute Gasteiger partial charge is 0.336 e. The van der Waals surface area contributed by atoms with Crippen LogP contribution in [0.15, 0.2) is 12.1 Å². The van der Waals surface area contributed by atoms with Crippen LogP contribution < -0.4 is 21.3 Å². The SMILES string of the molecule is CC(=O)N[C@H]1[C@H]([C@H](O)[C@H](O)CNC(=O)c2cc(C)c(O)c(C)c2)O[C@@](CCN2CCNC[C@]23CCN(CNC(C)(C)C)C3)(C(=O)O)C[C@@H]1O. The number of nitrogens with one attached hydrogen (secondary N) is 4. The molecule has 3 aliphatic rings. The number of rotatable bonds is 12. The van der Waals surface area contributed by atoms with Gasteiger partial charge in [0.1, 0.15) is 18.0 Å². The van der Waals surface area contributed by atoms with Crippen molar-refractivity contribution < 1.29 is 44.7 Å². The number of benzene rings is 1. The summed E-state index contributed by atoms with van der Waals surface area (Å²) in [6.45, 7) is 15.4. The number of carbonyl (C=O) groups is 3. The summed E-state index contributed by atoms with van der Waals surface area (Å²) >= 11 is 0. The lowest BCUT2D eigenvalue weighted by molar-refractivity contribution is -0.230. The molecule has 15 nitrogen and oxygen atoms in total. The van der Waals surface area contributed by atoms with Crippen LogP contribution in [0.4, 0.5) is 0 Å². The van der Waals surface area contributed by atoms with E-state index in [0.717, 1.165) is 39.3 Å². The van der Waals surface area contributed by atoms with Gasteiger partial charge in [-0.2, -0.15) is 0 Å². The van der Waals surface area contributed by atoms with Crippen molar-refractivity contribution in [1.29, 1.82) is 0 Å². The molecule has 0 aromatic heterocycles. The van der Waals surface area contributed by atoms with Crippen LogP contribution in [0.2, 0.25) is 0 Å². The number of ether oxygens (including phenoxy) is 1. The number of hydrogen-bond donors (Lipinski definition) is 9. The van der Waals surface area contributed by atoms with Gasteiger partial charge < -0.3 is 46.2 Å². The maximum atomic E-state index is 13.0. The molecule has 0 aliphatic carbocycles. The highest BCUT2D eigenvalue weighted by Crippen LogP contribution is 2.37. The standard InChI is InChI=1S/C34H56N6O9/c1-20-13-23(14-21(2)27(20)44)30(46)36-16-25(43)28(45)29-26(38-22(3)41)24(42)15-34(49-29,31(47)48)8-11-40-12-9-35-17-33(40)7-10-39(18-33)19-37-32(4,5)6/h13-14,24-26,28-29,35,37,42-45H,7-12,15-19H2,1-6H3,(H,36,46)(H,38,41)(H,47,48)/t24-,25+,26+,28+,29+,33-,34+/m0/s1. The van der Waals surface area contributed by atoms with Crippen molar-refractivity contribution in [3.05, 3.63) is 28.8 Å². The van der Waals surface area contributed by atoms with Crippen molar-refractivity contribution in [2.24, 2.45) is 0 Å². The van der Waals surface area contributed by atoms with E-state index in [0.29, 0.717) is 24.2 Å².